The van der Waals surface area contributed by atoms with Crippen LogP contribution in [0.1, 0.15) is 51.4 Å². The Morgan fingerprint density at radius 1 is 1.07 bits per heavy atom. The lowest BCUT2D eigenvalue weighted by molar-refractivity contribution is 0.159. The van der Waals surface area contributed by atoms with Gasteiger partial charge in [-0.1, -0.05) is 25.7 Å². The number of likely N-dealkylation sites (N-methyl/N-ethyl adjacent to an activating group) is 1. The molecule has 1 atom stereocenters. The number of nitrogens with zero attached hydrogens (tertiary/aromatic N) is 1. The van der Waals surface area contributed by atoms with Crippen molar-refractivity contribution in [2.45, 2.75) is 63.5 Å². The average Bonchev–Trinajstić information content (AvgIpc) is 3.07. The smallest absolute Gasteiger partial charge is 0.0246 e. The van der Waals surface area contributed by atoms with Crippen LogP contribution in [0.2, 0.25) is 0 Å². The van der Waals surface area contributed by atoms with Gasteiger partial charge in [0.2, 0.25) is 0 Å². The topological polar surface area (TPSA) is 29.3 Å². The van der Waals surface area contributed by atoms with Gasteiger partial charge in [-0.25, -0.2) is 0 Å². The zero-order valence-electron chi connectivity index (χ0n) is 10.1. The lowest BCUT2D eigenvalue weighted by Crippen LogP contribution is -2.44. The summed E-state index contributed by atoms with van der Waals surface area (Å²) in [7, 11) is 2.29. The summed E-state index contributed by atoms with van der Waals surface area (Å²) >= 11 is 0. The number of hydrogen-bond donors (Lipinski definition) is 1. The molecule has 0 spiro atoms. The molecule has 0 aliphatic heterocycles. The molecular weight excluding hydrogens is 184 g/mol. The molecule has 2 fully saturated rings. The molecule has 0 aromatic carbocycles. The Morgan fingerprint density at radius 2 is 1.67 bits per heavy atom. The summed E-state index contributed by atoms with van der Waals surface area (Å²) in [6.45, 7) is 0.859. The molecule has 2 nitrogen and oxygen atoms in total. The highest BCUT2D eigenvalue weighted by Crippen LogP contribution is 2.33. The molecule has 1 unspecified atom stereocenters. The molecule has 2 rings (SSSR count). The van der Waals surface area contributed by atoms with E-state index < -0.39 is 0 Å². The van der Waals surface area contributed by atoms with Crippen LogP contribution in [-0.4, -0.2) is 30.6 Å². The van der Waals surface area contributed by atoms with Crippen molar-refractivity contribution in [1.29, 1.82) is 0 Å². The van der Waals surface area contributed by atoms with Gasteiger partial charge in [-0.3, -0.25) is 4.90 Å². The quantitative estimate of drug-likeness (QED) is 0.722. The van der Waals surface area contributed by atoms with Crippen molar-refractivity contribution in [3.05, 3.63) is 0 Å². The Kier molecular flexibility index (Phi) is 4.04. The van der Waals surface area contributed by atoms with E-state index in [4.69, 9.17) is 5.73 Å². The Labute approximate surface area is 94.2 Å². The summed E-state index contributed by atoms with van der Waals surface area (Å²) in [5.74, 6) is 0.878. The zero-order chi connectivity index (χ0) is 10.7. The van der Waals surface area contributed by atoms with Crippen LogP contribution in [0.25, 0.3) is 0 Å². The number of nitrogens with two attached hydrogens (primary N) is 1. The van der Waals surface area contributed by atoms with Gasteiger partial charge in [0.25, 0.3) is 0 Å². The van der Waals surface area contributed by atoms with E-state index in [0.29, 0.717) is 6.04 Å². The Hall–Kier alpha value is -0.0800. The molecule has 15 heavy (non-hydrogen) atoms. The molecule has 2 aliphatic carbocycles. The van der Waals surface area contributed by atoms with Crippen molar-refractivity contribution in [2.24, 2.45) is 11.7 Å². The molecule has 2 N–H and O–H groups in total. The normalized spacial score (nSPS) is 26.6. The molecule has 2 aliphatic rings. The summed E-state index contributed by atoms with van der Waals surface area (Å²) in [6.07, 6.45) is 11.4. The van der Waals surface area contributed by atoms with Gasteiger partial charge in [0.05, 0.1) is 0 Å². The third-order valence-electron chi connectivity index (χ3n) is 4.33. The minimum Gasteiger partial charge on any atom is -0.329 e. The van der Waals surface area contributed by atoms with Crippen LogP contribution in [0.4, 0.5) is 0 Å². The van der Waals surface area contributed by atoms with Crippen molar-refractivity contribution < 1.29 is 0 Å². The van der Waals surface area contributed by atoms with Gasteiger partial charge in [-0.2, -0.15) is 0 Å². The maximum atomic E-state index is 5.98. The maximum absolute atomic E-state index is 5.98. The second kappa shape index (κ2) is 5.31. The van der Waals surface area contributed by atoms with E-state index in [9.17, 15) is 0 Å². The summed E-state index contributed by atoms with van der Waals surface area (Å²) in [4.78, 5) is 2.58. The molecule has 0 heterocycles. The van der Waals surface area contributed by atoms with Crippen molar-refractivity contribution in [3.8, 4) is 0 Å². The van der Waals surface area contributed by atoms with Crippen LogP contribution in [0.15, 0.2) is 0 Å². The lowest BCUT2D eigenvalue weighted by atomic mass is 9.91. The second-order valence-corrected chi connectivity index (χ2v) is 5.45. The predicted octanol–water partition coefficient (Wildman–Crippen LogP) is 2.38. The molecule has 0 aromatic heterocycles. The highest BCUT2D eigenvalue weighted by Gasteiger charge is 2.34. The van der Waals surface area contributed by atoms with E-state index in [1.165, 1.54) is 51.4 Å². The Bertz CT molecular complexity index is 181. The molecule has 0 aromatic rings. The van der Waals surface area contributed by atoms with Gasteiger partial charge in [-0.15, -0.1) is 0 Å². The first-order valence-corrected chi connectivity index (χ1v) is 6.75. The summed E-state index contributed by atoms with van der Waals surface area (Å²) in [5, 5.41) is 0. The minimum atomic E-state index is 0.663. The minimum absolute atomic E-state index is 0.663. The molecule has 0 bridgehead atoms. The van der Waals surface area contributed by atoms with Crippen molar-refractivity contribution in [3.63, 3.8) is 0 Å². The molecule has 2 saturated carbocycles. The van der Waals surface area contributed by atoms with Gasteiger partial charge in [0, 0.05) is 18.6 Å². The molecule has 0 amide bonds. The third-order valence-corrected chi connectivity index (χ3v) is 4.33. The average molecular weight is 210 g/mol. The number of hydrogen-bond acceptors (Lipinski definition) is 2. The SMILES string of the molecule is CN(C1CC1)C(CN)C1CCCCCC1. The zero-order valence-corrected chi connectivity index (χ0v) is 10.1. The van der Waals surface area contributed by atoms with Crippen LogP contribution in [0.5, 0.6) is 0 Å². The first kappa shape index (κ1) is 11.4. The summed E-state index contributed by atoms with van der Waals surface area (Å²) in [5.41, 5.74) is 5.98. The summed E-state index contributed by atoms with van der Waals surface area (Å²) in [6, 6.07) is 1.53. The molecule has 2 heteroatoms. The van der Waals surface area contributed by atoms with Crippen LogP contribution in [0, 0.1) is 5.92 Å². The van der Waals surface area contributed by atoms with Gasteiger partial charge < -0.3 is 5.73 Å². The fraction of sp³-hybridized carbons (Fsp3) is 1.00. The predicted molar refractivity (Wildman–Crippen MR) is 64.8 cm³/mol. The molecule has 88 valence electrons. The molecule has 0 radical (unpaired) electrons. The highest BCUT2D eigenvalue weighted by molar-refractivity contribution is 4.90. The van der Waals surface area contributed by atoms with Crippen molar-refractivity contribution in [2.75, 3.05) is 13.6 Å². The van der Waals surface area contributed by atoms with E-state index in [1.54, 1.807) is 0 Å². The highest BCUT2D eigenvalue weighted by atomic mass is 15.2. The fourth-order valence-corrected chi connectivity index (χ4v) is 3.14. The largest absolute Gasteiger partial charge is 0.329 e. The first-order chi connectivity index (χ1) is 7.33. The summed E-state index contributed by atoms with van der Waals surface area (Å²) < 4.78 is 0. The molecule has 0 saturated heterocycles. The van der Waals surface area contributed by atoms with Gasteiger partial charge in [-0.05, 0) is 38.6 Å². The monoisotopic (exact) mass is 210 g/mol. The van der Waals surface area contributed by atoms with Crippen LogP contribution in [-0.2, 0) is 0 Å². The third kappa shape index (κ3) is 2.94. The van der Waals surface area contributed by atoms with Crippen LogP contribution in [0.3, 0.4) is 0 Å². The maximum Gasteiger partial charge on any atom is 0.0246 e. The standard InChI is InChI=1S/C13H26N2/c1-15(12-8-9-12)13(10-14)11-6-4-2-3-5-7-11/h11-13H,2-10,14H2,1H3. The van der Waals surface area contributed by atoms with E-state index in [1.807, 2.05) is 0 Å². The number of rotatable bonds is 4. The van der Waals surface area contributed by atoms with Crippen LogP contribution < -0.4 is 5.73 Å². The van der Waals surface area contributed by atoms with E-state index in [2.05, 4.69) is 11.9 Å². The lowest BCUT2D eigenvalue weighted by Gasteiger charge is -2.33. The van der Waals surface area contributed by atoms with Crippen LogP contribution >= 0.6 is 0 Å². The fourth-order valence-electron chi connectivity index (χ4n) is 3.14. The Morgan fingerprint density at radius 3 is 2.13 bits per heavy atom. The van der Waals surface area contributed by atoms with E-state index in [-0.39, 0.29) is 0 Å². The Balaban J connectivity index is 1.90. The van der Waals surface area contributed by atoms with Gasteiger partial charge in [0.1, 0.15) is 0 Å². The van der Waals surface area contributed by atoms with Gasteiger partial charge in [0.15, 0.2) is 0 Å². The molecular formula is C13H26N2. The van der Waals surface area contributed by atoms with Crippen molar-refractivity contribution >= 4 is 0 Å². The van der Waals surface area contributed by atoms with E-state index >= 15 is 0 Å². The van der Waals surface area contributed by atoms with E-state index in [0.717, 1.165) is 18.5 Å². The van der Waals surface area contributed by atoms with Gasteiger partial charge >= 0.3 is 0 Å². The first-order valence-electron chi connectivity index (χ1n) is 6.75. The second-order valence-electron chi connectivity index (χ2n) is 5.45. The van der Waals surface area contributed by atoms with Crippen molar-refractivity contribution in [1.82, 2.24) is 4.90 Å².